The molecule has 0 saturated heterocycles. The number of aliphatic hydroxyl groups excluding tert-OH is 2. The van der Waals surface area contributed by atoms with E-state index in [4.69, 9.17) is 6.42 Å². The summed E-state index contributed by atoms with van der Waals surface area (Å²) in [5.41, 5.74) is 3.25. The first-order chi connectivity index (χ1) is 24.1. The van der Waals surface area contributed by atoms with Crippen molar-refractivity contribution in [2.45, 2.75) is 115 Å². The van der Waals surface area contributed by atoms with Gasteiger partial charge in [-0.2, -0.15) is 0 Å². The molecule has 10 nitrogen and oxygen atoms in total. The summed E-state index contributed by atoms with van der Waals surface area (Å²) < 4.78 is 0. The van der Waals surface area contributed by atoms with E-state index in [-0.39, 0.29) is 18.7 Å². The number of unbranched alkanes of at least 4 members (excludes halogenated alkanes) is 1. The van der Waals surface area contributed by atoms with E-state index >= 15 is 0 Å². The van der Waals surface area contributed by atoms with E-state index in [1.54, 1.807) is 17.5 Å². The quantitative estimate of drug-likeness (QED) is 0.106. The van der Waals surface area contributed by atoms with Crippen LogP contribution >= 0.6 is 11.3 Å². The van der Waals surface area contributed by atoms with Gasteiger partial charge < -0.3 is 30.6 Å². The summed E-state index contributed by atoms with van der Waals surface area (Å²) in [6.07, 6.45) is 10.9. The van der Waals surface area contributed by atoms with Crippen LogP contribution in [0.5, 0.6) is 0 Å². The van der Waals surface area contributed by atoms with Crippen molar-refractivity contribution < 1.29 is 24.6 Å². The van der Waals surface area contributed by atoms with Crippen LogP contribution < -0.4 is 10.6 Å². The number of aromatic nitrogens is 1. The fraction of sp³-hybridized carbons (Fsp3) is 0.641. The Labute approximate surface area is 303 Å². The summed E-state index contributed by atoms with van der Waals surface area (Å²) in [6, 6.07) is 7.86. The SMILES string of the molecule is C#CCCC[C@H](O)[C@H](O)[C@H](CC1CCCCC1)NC(=O)[C@H](Cc1cscn1)NC(=O)[C@@H](CC(=O)N(C)CCN(CC)CC)Cc1ccccc1. The van der Waals surface area contributed by atoms with Crippen LogP contribution in [-0.2, 0) is 27.2 Å². The van der Waals surface area contributed by atoms with Crippen LogP contribution in [0, 0.1) is 24.2 Å². The number of carbonyl (C=O) groups excluding carboxylic acids is 3. The van der Waals surface area contributed by atoms with Crippen LogP contribution in [0.4, 0.5) is 0 Å². The Balaban J connectivity index is 1.81. The van der Waals surface area contributed by atoms with Gasteiger partial charge in [0.1, 0.15) is 6.04 Å². The van der Waals surface area contributed by atoms with Gasteiger partial charge in [-0.3, -0.25) is 14.4 Å². The van der Waals surface area contributed by atoms with E-state index in [9.17, 15) is 24.6 Å². The van der Waals surface area contributed by atoms with Crippen LogP contribution in [0.25, 0.3) is 0 Å². The molecule has 1 aromatic carbocycles. The molecule has 276 valence electrons. The van der Waals surface area contributed by atoms with Crippen LogP contribution in [0.15, 0.2) is 41.2 Å². The lowest BCUT2D eigenvalue weighted by atomic mass is 9.82. The number of hydrogen-bond acceptors (Lipinski definition) is 8. The third-order valence-corrected chi connectivity index (χ3v) is 10.6. The second-order valence-electron chi connectivity index (χ2n) is 13.7. The number of carbonyl (C=O) groups is 3. The lowest BCUT2D eigenvalue weighted by Gasteiger charge is -2.33. The first-order valence-corrected chi connectivity index (χ1v) is 19.4. The minimum atomic E-state index is -1.19. The molecule has 1 fully saturated rings. The highest BCUT2D eigenvalue weighted by Gasteiger charge is 2.34. The van der Waals surface area contributed by atoms with Gasteiger partial charge >= 0.3 is 0 Å². The molecule has 3 rings (SSSR count). The average Bonchev–Trinajstić information content (AvgIpc) is 3.65. The third kappa shape index (κ3) is 14.1. The van der Waals surface area contributed by atoms with E-state index in [1.165, 1.54) is 17.8 Å². The zero-order chi connectivity index (χ0) is 36.3. The monoisotopic (exact) mass is 709 g/mol. The Morgan fingerprint density at radius 1 is 1.02 bits per heavy atom. The maximum atomic E-state index is 14.1. The maximum absolute atomic E-state index is 14.1. The summed E-state index contributed by atoms with van der Waals surface area (Å²) in [5.74, 6) is 1.18. The van der Waals surface area contributed by atoms with Gasteiger partial charge in [0.25, 0.3) is 0 Å². The molecule has 1 heterocycles. The molecule has 2 aromatic rings. The van der Waals surface area contributed by atoms with Crippen molar-refractivity contribution in [2.24, 2.45) is 11.8 Å². The number of amides is 3. The second-order valence-corrected chi connectivity index (χ2v) is 14.4. The van der Waals surface area contributed by atoms with E-state index in [0.717, 1.165) is 50.9 Å². The molecule has 1 aromatic heterocycles. The Morgan fingerprint density at radius 2 is 1.74 bits per heavy atom. The topological polar surface area (TPSA) is 135 Å². The zero-order valence-electron chi connectivity index (χ0n) is 30.3. The molecule has 0 bridgehead atoms. The fourth-order valence-corrected chi connectivity index (χ4v) is 7.30. The number of rotatable bonds is 22. The summed E-state index contributed by atoms with van der Waals surface area (Å²) in [4.78, 5) is 50.0. The number of benzene rings is 1. The predicted octanol–water partition coefficient (Wildman–Crippen LogP) is 4.20. The lowest BCUT2D eigenvalue weighted by molar-refractivity contribution is -0.137. The molecule has 1 saturated carbocycles. The molecule has 0 aliphatic heterocycles. The van der Waals surface area contributed by atoms with Crippen LogP contribution in [0.3, 0.4) is 0 Å². The highest BCUT2D eigenvalue weighted by molar-refractivity contribution is 7.07. The Hall–Kier alpha value is -3.30. The number of terminal acetylenes is 1. The number of nitrogens with one attached hydrogen (secondary N) is 2. The molecule has 50 heavy (non-hydrogen) atoms. The van der Waals surface area contributed by atoms with Crippen LogP contribution in [0.2, 0.25) is 0 Å². The Kier molecular flexibility index (Phi) is 18.5. The number of aliphatic hydroxyl groups is 2. The molecule has 3 amide bonds. The summed E-state index contributed by atoms with van der Waals surface area (Å²) in [6.45, 7) is 7.26. The standard InChI is InChI=1S/C39H59N5O5S/c1-5-8-11-20-35(45)37(47)33(24-30-18-14-10-15-19-30)41-39(49)34(26-32-27-50-28-40-32)42-38(48)31(23-29-16-12-9-13-17-29)25-36(46)43(4)21-22-44(6-2)7-3/h1,9,12-13,16-17,27-28,30-31,33-35,37,45,47H,6-8,10-11,14-15,18-26H2,2-4H3,(H,41,49)(H,42,48)/t31-,33+,34+,35+,37-/m1/s1. The second kappa shape index (κ2) is 22.5. The van der Waals surface area contributed by atoms with Gasteiger partial charge in [-0.1, -0.05) is 76.3 Å². The average molecular weight is 710 g/mol. The maximum Gasteiger partial charge on any atom is 0.243 e. The number of nitrogens with zero attached hydrogens (tertiary/aromatic N) is 3. The fourth-order valence-electron chi connectivity index (χ4n) is 6.73. The Bertz CT molecular complexity index is 1310. The molecule has 1 aliphatic rings. The molecule has 0 radical (unpaired) electrons. The first-order valence-electron chi connectivity index (χ1n) is 18.4. The van der Waals surface area contributed by atoms with E-state index in [1.807, 2.05) is 35.7 Å². The van der Waals surface area contributed by atoms with Gasteiger partial charge in [0.05, 0.1) is 35.4 Å². The van der Waals surface area contributed by atoms with Crippen molar-refractivity contribution in [3.63, 3.8) is 0 Å². The highest BCUT2D eigenvalue weighted by Crippen LogP contribution is 2.29. The highest BCUT2D eigenvalue weighted by atomic mass is 32.1. The normalized spacial score (nSPS) is 16.5. The van der Waals surface area contributed by atoms with E-state index in [2.05, 4.69) is 40.3 Å². The molecule has 0 unspecified atom stereocenters. The minimum Gasteiger partial charge on any atom is -0.390 e. The van der Waals surface area contributed by atoms with Gasteiger partial charge in [-0.05, 0) is 50.3 Å². The molecular formula is C39H59N5O5S. The van der Waals surface area contributed by atoms with Crippen LogP contribution in [0.1, 0.15) is 89.3 Å². The number of hydrogen-bond donors (Lipinski definition) is 4. The van der Waals surface area contributed by atoms with Crippen molar-refractivity contribution in [2.75, 3.05) is 33.2 Å². The smallest absolute Gasteiger partial charge is 0.243 e. The van der Waals surface area contributed by atoms with Gasteiger partial charge in [0.2, 0.25) is 17.7 Å². The van der Waals surface area contributed by atoms with E-state index < -0.39 is 42.0 Å². The Morgan fingerprint density at radius 3 is 2.38 bits per heavy atom. The van der Waals surface area contributed by atoms with Gasteiger partial charge in [0.15, 0.2) is 0 Å². The van der Waals surface area contributed by atoms with Crippen molar-refractivity contribution in [1.82, 2.24) is 25.4 Å². The molecule has 11 heteroatoms. The molecule has 4 N–H and O–H groups in total. The van der Waals surface area contributed by atoms with Gasteiger partial charge in [-0.15, -0.1) is 23.7 Å². The molecule has 5 atom stereocenters. The first kappa shape index (κ1) is 41.1. The van der Waals surface area contributed by atoms with Crippen molar-refractivity contribution in [3.8, 4) is 12.3 Å². The molecule has 1 aliphatic carbocycles. The lowest BCUT2D eigenvalue weighted by Crippen LogP contribution is -2.56. The van der Waals surface area contributed by atoms with Crippen molar-refractivity contribution in [1.29, 1.82) is 0 Å². The van der Waals surface area contributed by atoms with Gasteiger partial charge in [-0.25, -0.2) is 4.98 Å². The summed E-state index contributed by atoms with van der Waals surface area (Å²) >= 11 is 1.40. The summed E-state index contributed by atoms with van der Waals surface area (Å²) in [5, 5.41) is 30.1. The minimum absolute atomic E-state index is 0.00656. The van der Waals surface area contributed by atoms with Crippen LogP contribution in [-0.4, -0.2) is 100 Å². The van der Waals surface area contributed by atoms with Crippen molar-refractivity contribution in [3.05, 3.63) is 52.5 Å². The number of thiazole rings is 1. The largest absolute Gasteiger partial charge is 0.390 e. The van der Waals surface area contributed by atoms with E-state index in [0.29, 0.717) is 50.3 Å². The number of likely N-dealkylation sites (N-methyl/N-ethyl adjacent to an activating group) is 2. The third-order valence-electron chi connectivity index (χ3n) is 9.99. The van der Waals surface area contributed by atoms with Crippen molar-refractivity contribution >= 4 is 29.1 Å². The molecule has 0 spiro atoms. The van der Waals surface area contributed by atoms with Gasteiger partial charge in [0, 0.05) is 44.8 Å². The molecular weight excluding hydrogens is 651 g/mol. The summed E-state index contributed by atoms with van der Waals surface area (Å²) in [7, 11) is 1.76. The predicted molar refractivity (Wildman–Crippen MR) is 199 cm³/mol. The zero-order valence-corrected chi connectivity index (χ0v) is 31.1.